The molecule has 4 heterocycles. The average molecular weight is 388 g/mol. The Morgan fingerprint density at radius 2 is 2.03 bits per heavy atom. The highest BCUT2D eigenvalue weighted by Crippen LogP contribution is 2.36. The molecule has 1 amide bonds. The maximum Gasteiger partial charge on any atom is 0.255 e. The molecular formula is C22H24N6O. The van der Waals surface area contributed by atoms with Crippen LogP contribution < -0.4 is 5.32 Å². The van der Waals surface area contributed by atoms with Crippen LogP contribution in [0.1, 0.15) is 35.8 Å². The lowest BCUT2D eigenvalue weighted by Gasteiger charge is -2.30. The summed E-state index contributed by atoms with van der Waals surface area (Å²) in [5.74, 6) is -0.141. The highest BCUT2D eigenvalue weighted by molar-refractivity contribution is 6.06. The van der Waals surface area contributed by atoms with Gasteiger partial charge >= 0.3 is 0 Å². The highest BCUT2D eigenvalue weighted by atomic mass is 16.1. The van der Waals surface area contributed by atoms with Crippen molar-refractivity contribution in [3.63, 3.8) is 0 Å². The number of aryl methyl sites for hydroxylation is 1. The maximum atomic E-state index is 12.7. The monoisotopic (exact) mass is 388 g/mol. The van der Waals surface area contributed by atoms with E-state index in [2.05, 4.69) is 35.5 Å². The Hall–Kier alpha value is -3.19. The zero-order valence-corrected chi connectivity index (χ0v) is 16.9. The molecule has 0 radical (unpaired) electrons. The maximum absolute atomic E-state index is 12.7. The Bertz CT molecular complexity index is 1240. The number of fused-ring (bicyclic) bond motifs is 2. The van der Waals surface area contributed by atoms with Crippen LogP contribution in [0.25, 0.3) is 16.6 Å². The molecule has 3 aromatic heterocycles. The Morgan fingerprint density at radius 3 is 2.83 bits per heavy atom. The summed E-state index contributed by atoms with van der Waals surface area (Å²) in [7, 11) is 4.04. The molecule has 5 rings (SSSR count). The molecule has 29 heavy (non-hydrogen) atoms. The van der Waals surface area contributed by atoms with Gasteiger partial charge in [0, 0.05) is 30.4 Å². The number of imidazole rings is 1. The quantitative estimate of drug-likeness (QED) is 0.584. The highest BCUT2D eigenvalue weighted by Gasteiger charge is 2.37. The number of amides is 1. The van der Waals surface area contributed by atoms with Crippen LogP contribution in [-0.2, 0) is 12.6 Å². The molecule has 7 heteroatoms. The Kier molecular flexibility index (Phi) is 3.96. The van der Waals surface area contributed by atoms with Crippen molar-refractivity contribution in [3.8, 4) is 0 Å². The van der Waals surface area contributed by atoms with Crippen LogP contribution in [0, 0.1) is 0 Å². The topological polar surface area (TPSA) is 67.5 Å². The molecule has 0 bridgehead atoms. The van der Waals surface area contributed by atoms with E-state index in [-0.39, 0.29) is 11.4 Å². The van der Waals surface area contributed by atoms with Gasteiger partial charge in [0.05, 0.1) is 28.6 Å². The summed E-state index contributed by atoms with van der Waals surface area (Å²) in [4.78, 5) is 19.9. The van der Waals surface area contributed by atoms with Crippen molar-refractivity contribution in [1.82, 2.24) is 24.1 Å². The molecule has 1 atom stereocenters. The molecular weight excluding hydrogens is 364 g/mol. The van der Waals surface area contributed by atoms with Crippen molar-refractivity contribution in [2.75, 3.05) is 18.9 Å². The minimum absolute atomic E-state index is 0.0332. The van der Waals surface area contributed by atoms with E-state index in [9.17, 15) is 4.79 Å². The fourth-order valence-electron chi connectivity index (χ4n) is 4.26. The minimum atomic E-state index is -0.141. The molecule has 1 saturated heterocycles. The lowest BCUT2D eigenvalue weighted by Crippen LogP contribution is -2.35. The van der Waals surface area contributed by atoms with Crippen molar-refractivity contribution in [3.05, 3.63) is 60.2 Å². The third-order valence-corrected chi connectivity index (χ3v) is 6.27. The summed E-state index contributed by atoms with van der Waals surface area (Å²) in [5.41, 5.74) is 4.27. The summed E-state index contributed by atoms with van der Waals surface area (Å²) >= 11 is 0. The predicted octanol–water partition coefficient (Wildman–Crippen LogP) is 3.41. The largest absolute Gasteiger partial charge is 0.321 e. The van der Waals surface area contributed by atoms with Gasteiger partial charge in [-0.2, -0.15) is 5.10 Å². The normalized spacial score (nSPS) is 20.0. The number of rotatable bonds is 3. The second kappa shape index (κ2) is 6.42. The number of hydrogen-bond acceptors (Lipinski definition) is 4. The molecule has 0 spiro atoms. The van der Waals surface area contributed by atoms with E-state index in [4.69, 9.17) is 4.98 Å². The van der Waals surface area contributed by atoms with E-state index in [0.29, 0.717) is 5.56 Å². The van der Waals surface area contributed by atoms with Gasteiger partial charge in [-0.15, -0.1) is 0 Å². The number of carbonyl (C=O) groups excluding carboxylic acids is 1. The van der Waals surface area contributed by atoms with Crippen LogP contribution in [0.4, 0.5) is 5.69 Å². The van der Waals surface area contributed by atoms with Gasteiger partial charge < -0.3 is 9.72 Å². The number of nitrogens with zero attached hydrogens (tertiary/aromatic N) is 5. The van der Waals surface area contributed by atoms with E-state index >= 15 is 0 Å². The third-order valence-electron chi connectivity index (χ3n) is 6.27. The van der Waals surface area contributed by atoms with Gasteiger partial charge in [0.1, 0.15) is 5.65 Å². The molecule has 1 unspecified atom stereocenters. The first-order chi connectivity index (χ1) is 13.9. The van der Waals surface area contributed by atoms with Crippen LogP contribution in [-0.4, -0.2) is 43.6 Å². The Labute approximate surface area is 169 Å². The van der Waals surface area contributed by atoms with Gasteiger partial charge in [0.15, 0.2) is 0 Å². The number of likely N-dealkylation sites (tertiary alicyclic amines) is 1. The fourth-order valence-corrected chi connectivity index (χ4v) is 4.26. The number of anilines is 1. The van der Waals surface area contributed by atoms with E-state index in [1.807, 2.05) is 48.0 Å². The molecule has 1 aliphatic rings. The molecule has 4 aromatic rings. The summed E-state index contributed by atoms with van der Waals surface area (Å²) in [6, 6.07) is 9.45. The second-order valence-corrected chi connectivity index (χ2v) is 8.10. The SMILES string of the molecule is CN1CCCC1(C)c1cn2cc(NC(=O)c3ccc4c(cnn4C)c3)ccc2n1. The lowest BCUT2D eigenvalue weighted by molar-refractivity contribution is 0.102. The molecule has 7 nitrogen and oxygen atoms in total. The summed E-state index contributed by atoms with van der Waals surface area (Å²) < 4.78 is 3.79. The van der Waals surface area contributed by atoms with Gasteiger partial charge in [0.2, 0.25) is 0 Å². The van der Waals surface area contributed by atoms with Crippen LogP contribution in [0.3, 0.4) is 0 Å². The van der Waals surface area contributed by atoms with Gasteiger partial charge in [-0.25, -0.2) is 4.98 Å². The Balaban J connectivity index is 1.42. The smallest absolute Gasteiger partial charge is 0.255 e. The number of pyridine rings is 1. The van der Waals surface area contributed by atoms with Crippen LogP contribution >= 0.6 is 0 Å². The Morgan fingerprint density at radius 1 is 1.17 bits per heavy atom. The van der Waals surface area contributed by atoms with Crippen molar-refractivity contribution in [1.29, 1.82) is 0 Å². The number of nitrogens with one attached hydrogen (secondary N) is 1. The molecule has 1 aromatic carbocycles. The van der Waals surface area contributed by atoms with Crippen LogP contribution in [0.2, 0.25) is 0 Å². The summed E-state index contributed by atoms with van der Waals surface area (Å²) in [5, 5.41) is 8.17. The number of carbonyl (C=O) groups is 1. The second-order valence-electron chi connectivity index (χ2n) is 8.10. The lowest BCUT2D eigenvalue weighted by atomic mass is 9.96. The summed E-state index contributed by atoms with van der Waals surface area (Å²) in [6.45, 7) is 3.34. The van der Waals surface area contributed by atoms with Crippen LogP contribution in [0.15, 0.2) is 48.9 Å². The van der Waals surface area contributed by atoms with Crippen LogP contribution in [0.5, 0.6) is 0 Å². The first kappa shape index (κ1) is 17.9. The first-order valence-electron chi connectivity index (χ1n) is 9.88. The van der Waals surface area contributed by atoms with E-state index in [1.165, 1.54) is 6.42 Å². The van der Waals surface area contributed by atoms with E-state index in [0.717, 1.165) is 40.9 Å². The van der Waals surface area contributed by atoms with Crippen molar-refractivity contribution < 1.29 is 4.79 Å². The minimum Gasteiger partial charge on any atom is -0.321 e. The average Bonchev–Trinajstić information content (AvgIpc) is 3.40. The molecule has 1 aliphatic heterocycles. The zero-order valence-electron chi connectivity index (χ0n) is 16.9. The molecule has 0 aliphatic carbocycles. The van der Waals surface area contributed by atoms with E-state index < -0.39 is 0 Å². The predicted molar refractivity (Wildman–Crippen MR) is 113 cm³/mol. The van der Waals surface area contributed by atoms with Crippen molar-refractivity contribution >= 4 is 28.1 Å². The molecule has 1 N–H and O–H groups in total. The number of benzene rings is 1. The zero-order chi connectivity index (χ0) is 20.2. The number of hydrogen-bond donors (Lipinski definition) is 1. The van der Waals surface area contributed by atoms with Gasteiger partial charge in [-0.1, -0.05) is 0 Å². The van der Waals surface area contributed by atoms with E-state index in [1.54, 1.807) is 10.9 Å². The number of aromatic nitrogens is 4. The van der Waals surface area contributed by atoms with Gasteiger partial charge in [-0.05, 0) is 63.7 Å². The van der Waals surface area contributed by atoms with Crippen molar-refractivity contribution in [2.45, 2.75) is 25.3 Å². The van der Waals surface area contributed by atoms with Gasteiger partial charge in [-0.3, -0.25) is 14.4 Å². The molecule has 0 saturated carbocycles. The first-order valence-corrected chi connectivity index (χ1v) is 9.88. The van der Waals surface area contributed by atoms with Gasteiger partial charge in [0.25, 0.3) is 5.91 Å². The molecule has 148 valence electrons. The molecule has 1 fully saturated rings. The third kappa shape index (κ3) is 2.89. The van der Waals surface area contributed by atoms with Crippen molar-refractivity contribution in [2.24, 2.45) is 7.05 Å². The fraction of sp³-hybridized carbons (Fsp3) is 0.318. The summed E-state index contributed by atoms with van der Waals surface area (Å²) in [6.07, 6.45) is 8.06. The standard InChI is InChI=1S/C22H24N6O/c1-22(9-4-10-26(22)2)19-14-28-13-17(6-8-20(28)25-19)24-21(29)15-5-7-18-16(11-15)12-23-27(18)3/h5-8,11-14H,4,9-10H2,1-3H3,(H,24,29).